The van der Waals surface area contributed by atoms with E-state index in [9.17, 15) is 35.6 Å². The SMILES string of the molecule is CCCCOc1cc([C@H](Cc2c(Cl)c[n+]([O-])cc2Cl)OC(=O)[C@@H]2CSCN2S(=O)(=O)c2cccc(S(=O)(=O)N(C)C)c2)ccc1OC(F)F. The van der Waals surface area contributed by atoms with Crippen LogP contribution in [-0.4, -0.2) is 76.4 Å². The molecule has 268 valence electrons. The van der Waals surface area contributed by atoms with Crippen molar-refractivity contribution in [3.8, 4) is 11.5 Å². The van der Waals surface area contributed by atoms with Gasteiger partial charge in [-0.25, -0.2) is 21.1 Å². The standard InChI is InChI=1S/C30H33Cl2F2N3O9S3/c1-4-5-11-44-28-12-19(9-10-26(28)46-30(33)34)27(14-22-23(31)15-36(39)16-24(22)32)45-29(38)25-17-47-18-37(25)49(42,43)21-8-6-7-20(13-21)48(40,41)35(2)3/h6-10,12-13,15-16,25,27,30H,4-5,11,14,17-18H2,1-3H3/t25-,27-/m0/s1. The van der Waals surface area contributed by atoms with Crippen LogP contribution in [0.5, 0.6) is 11.5 Å². The molecule has 0 unspecified atom stereocenters. The number of benzene rings is 2. The summed E-state index contributed by atoms with van der Waals surface area (Å²) in [7, 11) is -5.77. The van der Waals surface area contributed by atoms with E-state index >= 15 is 0 Å². The van der Waals surface area contributed by atoms with Gasteiger partial charge in [0.2, 0.25) is 20.0 Å². The smallest absolute Gasteiger partial charge is 0.387 e. The molecule has 1 aromatic heterocycles. The molecule has 2 aromatic carbocycles. The normalized spacial score (nSPS) is 16.2. The van der Waals surface area contributed by atoms with Gasteiger partial charge in [-0.1, -0.05) is 48.7 Å². The van der Waals surface area contributed by atoms with Gasteiger partial charge in [-0.2, -0.15) is 17.8 Å². The number of carbonyl (C=O) groups is 1. The molecule has 0 N–H and O–H groups in total. The number of thioether (sulfide) groups is 1. The van der Waals surface area contributed by atoms with Crippen LogP contribution < -0.4 is 14.2 Å². The van der Waals surface area contributed by atoms with E-state index in [1.165, 1.54) is 50.5 Å². The Morgan fingerprint density at radius 2 is 1.76 bits per heavy atom. The lowest BCUT2D eigenvalue weighted by atomic mass is 10.0. The van der Waals surface area contributed by atoms with Gasteiger partial charge in [0.05, 0.1) is 22.3 Å². The number of hydrogen-bond donors (Lipinski definition) is 0. The number of aromatic nitrogens is 1. The average molecular weight is 785 g/mol. The van der Waals surface area contributed by atoms with Crippen LogP contribution in [0.2, 0.25) is 10.0 Å². The molecule has 0 saturated carbocycles. The Balaban J connectivity index is 1.71. The first-order valence-electron chi connectivity index (χ1n) is 14.7. The van der Waals surface area contributed by atoms with Crippen LogP contribution >= 0.6 is 35.0 Å². The summed E-state index contributed by atoms with van der Waals surface area (Å²) in [5.74, 6) is -1.39. The van der Waals surface area contributed by atoms with E-state index in [1.54, 1.807) is 0 Å². The summed E-state index contributed by atoms with van der Waals surface area (Å²) in [5, 5.41) is 11.8. The number of pyridine rings is 1. The predicted molar refractivity (Wildman–Crippen MR) is 179 cm³/mol. The minimum absolute atomic E-state index is 0.00997. The molecule has 19 heteroatoms. The minimum atomic E-state index is -4.41. The molecule has 4 rings (SSSR count). The molecule has 3 aromatic rings. The van der Waals surface area contributed by atoms with Crippen molar-refractivity contribution in [1.29, 1.82) is 0 Å². The monoisotopic (exact) mass is 783 g/mol. The molecule has 0 bridgehead atoms. The first-order valence-corrected chi connectivity index (χ1v) is 19.5. The van der Waals surface area contributed by atoms with Crippen molar-refractivity contribution >= 4 is 61.0 Å². The van der Waals surface area contributed by atoms with Crippen LogP contribution in [0.25, 0.3) is 0 Å². The van der Waals surface area contributed by atoms with Gasteiger partial charge in [0.1, 0.15) is 22.2 Å². The van der Waals surface area contributed by atoms with Crippen LogP contribution in [0, 0.1) is 5.21 Å². The highest BCUT2D eigenvalue weighted by atomic mass is 35.5. The van der Waals surface area contributed by atoms with E-state index < -0.39 is 44.8 Å². The first kappa shape index (κ1) is 38.9. The number of rotatable bonds is 15. The lowest BCUT2D eigenvalue weighted by Crippen LogP contribution is -2.43. The molecule has 2 heterocycles. The highest BCUT2D eigenvalue weighted by Gasteiger charge is 2.42. The molecule has 1 saturated heterocycles. The number of sulfonamides is 2. The van der Waals surface area contributed by atoms with Gasteiger partial charge in [-0.05, 0) is 42.3 Å². The number of alkyl halides is 2. The molecular weight excluding hydrogens is 751 g/mol. The topological polar surface area (TPSA) is 146 Å². The number of carbonyl (C=O) groups excluding carboxylic acids is 1. The maximum absolute atomic E-state index is 13.8. The van der Waals surface area contributed by atoms with Crippen LogP contribution in [-0.2, 0) is 36.0 Å². The van der Waals surface area contributed by atoms with Gasteiger partial charge in [0.15, 0.2) is 23.9 Å². The predicted octanol–water partition coefficient (Wildman–Crippen LogP) is 5.25. The van der Waals surface area contributed by atoms with Crippen molar-refractivity contribution < 1.29 is 49.4 Å². The highest BCUT2D eigenvalue weighted by Crippen LogP contribution is 2.38. The molecule has 1 fully saturated rings. The fraction of sp³-hybridized carbons (Fsp3) is 0.400. The maximum Gasteiger partial charge on any atom is 0.387 e. The quantitative estimate of drug-likeness (QED) is 0.0868. The molecule has 0 amide bonds. The molecule has 1 aliphatic heterocycles. The molecule has 0 aliphatic carbocycles. The Morgan fingerprint density at radius 3 is 2.39 bits per heavy atom. The van der Waals surface area contributed by atoms with Gasteiger partial charge in [-0.3, -0.25) is 4.79 Å². The van der Waals surface area contributed by atoms with E-state index in [0.29, 0.717) is 11.2 Å². The Labute approximate surface area is 297 Å². The van der Waals surface area contributed by atoms with Gasteiger partial charge in [0.25, 0.3) is 0 Å². The molecule has 1 aliphatic rings. The van der Waals surface area contributed by atoms with E-state index in [1.807, 2.05) is 6.92 Å². The summed E-state index contributed by atoms with van der Waals surface area (Å²) in [5.41, 5.74) is 0.466. The summed E-state index contributed by atoms with van der Waals surface area (Å²) >= 11 is 13.8. The van der Waals surface area contributed by atoms with E-state index in [-0.39, 0.29) is 67.1 Å². The zero-order valence-corrected chi connectivity index (χ0v) is 30.4. The van der Waals surface area contributed by atoms with Crippen molar-refractivity contribution in [2.45, 2.75) is 54.7 Å². The van der Waals surface area contributed by atoms with Gasteiger partial charge < -0.3 is 19.4 Å². The second-order valence-electron chi connectivity index (χ2n) is 10.9. The fourth-order valence-corrected chi connectivity index (χ4v) is 9.50. The Morgan fingerprint density at radius 1 is 1.08 bits per heavy atom. The maximum atomic E-state index is 13.8. The molecule has 0 radical (unpaired) electrons. The van der Waals surface area contributed by atoms with E-state index in [0.717, 1.165) is 45.3 Å². The van der Waals surface area contributed by atoms with E-state index in [2.05, 4.69) is 4.74 Å². The molecule has 12 nitrogen and oxygen atoms in total. The third-order valence-electron chi connectivity index (χ3n) is 7.32. The molecule has 2 atom stereocenters. The Kier molecular flexibility index (Phi) is 13.0. The second kappa shape index (κ2) is 16.4. The number of unbranched alkanes of at least 4 members (excludes halogenated alkanes) is 1. The molecule has 49 heavy (non-hydrogen) atoms. The summed E-state index contributed by atoms with van der Waals surface area (Å²) < 4.78 is 97.9. The van der Waals surface area contributed by atoms with Gasteiger partial charge >= 0.3 is 12.6 Å². The number of ether oxygens (including phenoxy) is 3. The van der Waals surface area contributed by atoms with E-state index in [4.69, 9.17) is 32.7 Å². The van der Waals surface area contributed by atoms with Crippen LogP contribution in [0.3, 0.4) is 0 Å². The highest BCUT2D eigenvalue weighted by molar-refractivity contribution is 8.00. The zero-order valence-electron chi connectivity index (χ0n) is 26.4. The second-order valence-corrected chi connectivity index (χ2v) is 16.7. The zero-order chi connectivity index (χ0) is 36.1. The molecule has 0 spiro atoms. The lowest BCUT2D eigenvalue weighted by Gasteiger charge is -2.26. The minimum Gasteiger partial charge on any atom is -0.619 e. The summed E-state index contributed by atoms with van der Waals surface area (Å²) in [6.45, 7) is -1.06. The Hall–Kier alpha value is -2.93. The number of nitrogens with zero attached hydrogens (tertiary/aromatic N) is 3. The molecular formula is C30H33Cl2F2N3O9S3. The number of esters is 1. The van der Waals surface area contributed by atoms with Gasteiger partial charge in [-0.15, -0.1) is 11.8 Å². The number of halogens is 4. The summed E-state index contributed by atoms with van der Waals surface area (Å²) in [6.07, 6.45) is 2.02. The third-order valence-corrected chi connectivity index (χ3v) is 12.8. The first-order chi connectivity index (χ1) is 23.1. The summed E-state index contributed by atoms with van der Waals surface area (Å²) in [6, 6.07) is 7.41. The van der Waals surface area contributed by atoms with Crippen molar-refractivity contribution in [3.05, 3.63) is 81.2 Å². The average Bonchev–Trinajstić information content (AvgIpc) is 3.54. The van der Waals surface area contributed by atoms with Crippen molar-refractivity contribution in [1.82, 2.24) is 8.61 Å². The van der Waals surface area contributed by atoms with Crippen LogP contribution in [0.4, 0.5) is 8.78 Å². The largest absolute Gasteiger partial charge is 0.619 e. The van der Waals surface area contributed by atoms with Crippen LogP contribution in [0.15, 0.2) is 64.6 Å². The Bertz CT molecular complexity index is 1860. The summed E-state index contributed by atoms with van der Waals surface area (Å²) in [4.78, 5) is 13.2. The van der Waals surface area contributed by atoms with Gasteiger partial charge in [0, 0.05) is 31.8 Å². The van der Waals surface area contributed by atoms with Crippen molar-refractivity contribution in [2.24, 2.45) is 0 Å². The third kappa shape index (κ3) is 9.25. The van der Waals surface area contributed by atoms with Crippen molar-refractivity contribution in [2.75, 3.05) is 32.3 Å². The van der Waals surface area contributed by atoms with Crippen molar-refractivity contribution in [3.63, 3.8) is 0 Å². The fourth-order valence-electron chi connectivity index (χ4n) is 4.71. The lowest BCUT2D eigenvalue weighted by molar-refractivity contribution is -0.605. The van der Waals surface area contributed by atoms with Crippen LogP contribution in [0.1, 0.15) is 37.0 Å². The number of hydrogen-bond acceptors (Lipinski definition) is 10.